The molecule has 1 fully saturated rings. The van der Waals surface area contributed by atoms with Crippen LogP contribution in [0.5, 0.6) is 11.5 Å². The SMILES string of the molecule is Cc1cc(-c2cc(O)ccc2Cl)cc2nnc(Nc3ccc(OCCN4CCCC4)cc3)nc12.Cl. The molecule has 1 aromatic heterocycles. The lowest BCUT2D eigenvalue weighted by molar-refractivity contribution is 0.238. The summed E-state index contributed by atoms with van der Waals surface area (Å²) in [5, 5.41) is 22.2. The lowest BCUT2D eigenvalue weighted by Crippen LogP contribution is -2.25. The molecule has 0 radical (unpaired) electrons. The van der Waals surface area contributed by atoms with E-state index >= 15 is 0 Å². The van der Waals surface area contributed by atoms with Crippen molar-refractivity contribution in [3.63, 3.8) is 0 Å². The Hall–Kier alpha value is -3.13. The van der Waals surface area contributed by atoms with Crippen LogP contribution in [0.15, 0.2) is 54.6 Å². The monoisotopic (exact) mass is 511 g/mol. The zero-order valence-corrected chi connectivity index (χ0v) is 20.9. The highest BCUT2D eigenvalue weighted by Gasteiger charge is 2.12. The largest absolute Gasteiger partial charge is 0.508 e. The molecule has 2 N–H and O–H groups in total. The number of aromatic nitrogens is 3. The number of aromatic hydroxyl groups is 1. The summed E-state index contributed by atoms with van der Waals surface area (Å²) in [7, 11) is 0. The normalized spacial score (nSPS) is 13.5. The summed E-state index contributed by atoms with van der Waals surface area (Å²) in [5.41, 5.74) is 4.78. The first-order chi connectivity index (χ1) is 16.5. The number of phenolic OH excluding ortho intramolecular Hbond substituents is 1. The van der Waals surface area contributed by atoms with Crippen LogP contribution in [0.4, 0.5) is 11.6 Å². The van der Waals surface area contributed by atoms with Crippen LogP contribution in [0.2, 0.25) is 5.02 Å². The summed E-state index contributed by atoms with van der Waals surface area (Å²) in [4.78, 5) is 7.09. The molecule has 0 saturated carbocycles. The number of rotatable bonds is 7. The number of benzene rings is 3. The van der Waals surface area contributed by atoms with E-state index < -0.39 is 0 Å². The predicted molar refractivity (Wildman–Crippen MR) is 142 cm³/mol. The topological polar surface area (TPSA) is 83.4 Å². The molecule has 4 aromatic rings. The van der Waals surface area contributed by atoms with Gasteiger partial charge in [0.15, 0.2) is 0 Å². The van der Waals surface area contributed by atoms with Crippen LogP contribution >= 0.6 is 24.0 Å². The Morgan fingerprint density at radius 1 is 1.03 bits per heavy atom. The van der Waals surface area contributed by atoms with Crippen LogP contribution in [0.1, 0.15) is 18.4 Å². The second-order valence-electron chi connectivity index (χ2n) is 8.51. The van der Waals surface area contributed by atoms with Crippen LogP contribution in [0.3, 0.4) is 0 Å². The Kier molecular flexibility index (Phi) is 7.90. The minimum atomic E-state index is 0. The van der Waals surface area contributed by atoms with Crippen molar-refractivity contribution >= 4 is 46.7 Å². The maximum Gasteiger partial charge on any atom is 0.247 e. The smallest absolute Gasteiger partial charge is 0.247 e. The third-order valence-electron chi connectivity index (χ3n) is 6.00. The van der Waals surface area contributed by atoms with Gasteiger partial charge in [-0.1, -0.05) is 11.6 Å². The number of nitrogens with zero attached hydrogens (tertiary/aromatic N) is 4. The summed E-state index contributed by atoms with van der Waals surface area (Å²) < 4.78 is 5.87. The summed E-state index contributed by atoms with van der Waals surface area (Å²) in [6.45, 7) is 5.98. The van der Waals surface area contributed by atoms with Crippen LogP contribution < -0.4 is 10.1 Å². The van der Waals surface area contributed by atoms with Crippen LogP contribution in [-0.2, 0) is 0 Å². The minimum Gasteiger partial charge on any atom is -0.508 e. The molecule has 35 heavy (non-hydrogen) atoms. The molecule has 0 bridgehead atoms. The first-order valence-corrected chi connectivity index (χ1v) is 11.8. The first-order valence-electron chi connectivity index (χ1n) is 11.4. The van der Waals surface area contributed by atoms with Crippen molar-refractivity contribution < 1.29 is 9.84 Å². The molecular weight excluding hydrogens is 485 g/mol. The Balaban J connectivity index is 0.00000289. The summed E-state index contributed by atoms with van der Waals surface area (Å²) >= 11 is 6.33. The molecule has 2 heterocycles. The second-order valence-corrected chi connectivity index (χ2v) is 8.91. The Morgan fingerprint density at radius 2 is 1.80 bits per heavy atom. The van der Waals surface area contributed by atoms with Crippen LogP contribution in [0, 0.1) is 6.92 Å². The van der Waals surface area contributed by atoms with Gasteiger partial charge in [-0.2, -0.15) is 0 Å². The summed E-state index contributed by atoms with van der Waals surface area (Å²) in [6.07, 6.45) is 2.58. The molecular formula is C26H27Cl2N5O2. The van der Waals surface area contributed by atoms with E-state index in [0.29, 0.717) is 23.1 Å². The first kappa shape index (κ1) is 25.0. The van der Waals surface area contributed by atoms with Gasteiger partial charge in [0.2, 0.25) is 5.95 Å². The number of aryl methyl sites for hydroxylation is 1. The van der Waals surface area contributed by atoms with Crippen LogP contribution in [0.25, 0.3) is 22.2 Å². The van der Waals surface area contributed by atoms with E-state index in [-0.39, 0.29) is 18.2 Å². The third-order valence-corrected chi connectivity index (χ3v) is 6.33. The molecule has 1 aliphatic rings. The van der Waals surface area contributed by atoms with Crippen molar-refractivity contribution in [3.8, 4) is 22.6 Å². The summed E-state index contributed by atoms with van der Waals surface area (Å²) in [6, 6.07) is 16.5. The Labute approximate surface area is 215 Å². The van der Waals surface area contributed by atoms with Crippen molar-refractivity contribution in [1.82, 2.24) is 20.1 Å². The van der Waals surface area contributed by atoms with E-state index in [4.69, 9.17) is 16.3 Å². The summed E-state index contributed by atoms with van der Waals surface area (Å²) in [5.74, 6) is 1.42. The highest BCUT2D eigenvalue weighted by Crippen LogP contribution is 2.33. The molecule has 3 aromatic carbocycles. The average Bonchev–Trinajstić information content (AvgIpc) is 3.36. The Bertz CT molecular complexity index is 1310. The molecule has 0 spiro atoms. The molecule has 5 rings (SSSR count). The van der Waals surface area contributed by atoms with Crippen molar-refractivity contribution in [2.75, 3.05) is 31.6 Å². The van der Waals surface area contributed by atoms with E-state index in [1.165, 1.54) is 25.9 Å². The quantitative estimate of drug-likeness (QED) is 0.314. The molecule has 0 amide bonds. The zero-order valence-electron chi connectivity index (χ0n) is 19.4. The maximum absolute atomic E-state index is 9.85. The second kappa shape index (κ2) is 11.1. The number of anilines is 2. The maximum atomic E-state index is 9.85. The van der Waals surface area contributed by atoms with E-state index in [0.717, 1.165) is 40.2 Å². The minimum absolute atomic E-state index is 0. The van der Waals surface area contributed by atoms with Gasteiger partial charge in [-0.05, 0) is 98.6 Å². The number of hydrogen-bond donors (Lipinski definition) is 2. The fourth-order valence-corrected chi connectivity index (χ4v) is 4.44. The average molecular weight is 512 g/mol. The van der Waals surface area contributed by atoms with Crippen molar-refractivity contribution in [2.45, 2.75) is 19.8 Å². The lowest BCUT2D eigenvalue weighted by Gasteiger charge is -2.15. The fraction of sp³-hybridized carbons (Fsp3) is 0.269. The van der Waals surface area contributed by atoms with Crippen molar-refractivity contribution in [3.05, 3.63) is 65.2 Å². The number of fused-ring (bicyclic) bond motifs is 1. The van der Waals surface area contributed by atoms with Gasteiger partial charge in [-0.25, -0.2) is 4.98 Å². The van der Waals surface area contributed by atoms with Gasteiger partial charge in [0, 0.05) is 22.8 Å². The molecule has 9 heteroatoms. The molecule has 1 saturated heterocycles. The van der Waals surface area contributed by atoms with Gasteiger partial charge in [0.25, 0.3) is 0 Å². The molecule has 182 valence electrons. The highest BCUT2D eigenvalue weighted by molar-refractivity contribution is 6.33. The molecule has 0 aliphatic carbocycles. The van der Waals surface area contributed by atoms with E-state index in [9.17, 15) is 5.11 Å². The van der Waals surface area contributed by atoms with Gasteiger partial charge in [-0.3, -0.25) is 4.90 Å². The van der Waals surface area contributed by atoms with Gasteiger partial charge in [-0.15, -0.1) is 22.6 Å². The van der Waals surface area contributed by atoms with E-state index in [2.05, 4.69) is 25.4 Å². The molecule has 7 nitrogen and oxygen atoms in total. The van der Waals surface area contributed by atoms with Crippen molar-refractivity contribution in [1.29, 1.82) is 0 Å². The van der Waals surface area contributed by atoms with Gasteiger partial charge >= 0.3 is 0 Å². The Morgan fingerprint density at radius 3 is 2.57 bits per heavy atom. The standard InChI is InChI=1S/C26H26ClN5O2.ClH/c1-17-14-18(22-16-20(33)6-9-23(22)27)15-24-25(17)29-26(31-30-24)28-19-4-7-21(8-5-19)34-13-12-32-10-2-3-11-32;/h4-9,14-16,33H,2-3,10-13H2,1H3,(H,28,29,31);1H. The van der Waals surface area contributed by atoms with E-state index in [1.54, 1.807) is 18.2 Å². The number of halogens is 2. The molecule has 0 unspecified atom stereocenters. The van der Waals surface area contributed by atoms with E-state index in [1.807, 2.05) is 43.3 Å². The number of likely N-dealkylation sites (tertiary alicyclic amines) is 1. The van der Waals surface area contributed by atoms with Crippen molar-refractivity contribution in [2.24, 2.45) is 0 Å². The molecule has 0 atom stereocenters. The van der Waals surface area contributed by atoms with Gasteiger partial charge in [0.1, 0.15) is 23.6 Å². The zero-order chi connectivity index (χ0) is 23.5. The highest BCUT2D eigenvalue weighted by atomic mass is 35.5. The predicted octanol–water partition coefficient (Wildman–Crippen LogP) is 6.00. The molecule has 1 aliphatic heterocycles. The third kappa shape index (κ3) is 5.93. The number of phenols is 1. The lowest BCUT2D eigenvalue weighted by atomic mass is 10.0. The van der Waals surface area contributed by atoms with Gasteiger partial charge in [0.05, 0.1) is 5.52 Å². The fourth-order valence-electron chi connectivity index (χ4n) is 4.22. The van der Waals surface area contributed by atoms with Crippen LogP contribution in [-0.4, -0.2) is 51.4 Å². The number of hydrogen-bond acceptors (Lipinski definition) is 7. The number of nitrogens with one attached hydrogen (secondary N) is 1. The number of ether oxygens (including phenoxy) is 1. The van der Waals surface area contributed by atoms with Gasteiger partial charge < -0.3 is 15.2 Å².